The first kappa shape index (κ1) is 17.2. The van der Waals surface area contributed by atoms with Gasteiger partial charge in [-0.1, -0.05) is 6.92 Å². The Bertz CT molecular complexity index is 352. The fourth-order valence-electron chi connectivity index (χ4n) is 1.37. The molecule has 0 aromatic rings. The summed E-state index contributed by atoms with van der Waals surface area (Å²) in [5.41, 5.74) is 5.07. The van der Waals surface area contributed by atoms with E-state index in [1.165, 1.54) is 0 Å². The van der Waals surface area contributed by atoms with Crippen molar-refractivity contribution in [2.75, 3.05) is 13.2 Å². The van der Waals surface area contributed by atoms with Gasteiger partial charge in [0.1, 0.15) is 11.7 Å². The molecule has 0 aromatic carbocycles. The molecule has 1 unspecified atom stereocenters. The van der Waals surface area contributed by atoms with Crippen molar-refractivity contribution in [1.29, 1.82) is 0 Å². The van der Waals surface area contributed by atoms with E-state index in [4.69, 9.17) is 15.6 Å². The molecule has 0 bridgehead atoms. The first-order chi connectivity index (χ1) is 8.92. The van der Waals surface area contributed by atoms with Crippen molar-refractivity contribution in [3.63, 3.8) is 0 Å². The molecule has 0 aliphatic heterocycles. The predicted molar refractivity (Wildman–Crippen MR) is 65.3 cm³/mol. The van der Waals surface area contributed by atoms with Crippen LogP contribution in [0.4, 0.5) is 0 Å². The lowest BCUT2D eigenvalue weighted by molar-refractivity contribution is -0.149. The van der Waals surface area contributed by atoms with Crippen molar-refractivity contribution < 1.29 is 29.0 Å². The normalized spacial score (nSPS) is 11.7. The van der Waals surface area contributed by atoms with Crippen molar-refractivity contribution in [3.05, 3.63) is 0 Å². The quantitative estimate of drug-likeness (QED) is 0.421. The molecule has 0 aliphatic rings. The van der Waals surface area contributed by atoms with Gasteiger partial charge in [0.25, 0.3) is 0 Å². The summed E-state index contributed by atoms with van der Waals surface area (Å²) >= 11 is 0. The zero-order chi connectivity index (χ0) is 14.8. The average Bonchev–Trinajstić information content (AvgIpc) is 2.35. The highest BCUT2D eigenvalue weighted by Gasteiger charge is 2.28. The molecule has 7 heteroatoms. The largest absolute Gasteiger partial charge is 0.481 e. The average molecular weight is 273 g/mol. The summed E-state index contributed by atoms with van der Waals surface area (Å²) < 4.78 is 4.75. The molecule has 0 aromatic heterocycles. The van der Waals surface area contributed by atoms with Crippen LogP contribution >= 0.6 is 0 Å². The van der Waals surface area contributed by atoms with Gasteiger partial charge in [0.05, 0.1) is 13.2 Å². The number of carboxylic acids is 1. The molecule has 0 rings (SSSR count). The molecule has 19 heavy (non-hydrogen) atoms. The summed E-state index contributed by atoms with van der Waals surface area (Å²) in [6.45, 7) is 1.34. The molecule has 3 N–H and O–H groups in total. The molecular formula is C12H19NO6. The maximum atomic E-state index is 11.6. The molecule has 0 saturated carbocycles. The predicted octanol–water partition coefficient (Wildman–Crippen LogP) is -0.0924. The minimum Gasteiger partial charge on any atom is -0.481 e. The van der Waals surface area contributed by atoms with Crippen molar-refractivity contribution in [2.24, 2.45) is 11.7 Å². The Labute approximate surface area is 111 Å². The number of carbonyl (C=O) groups is 4. The van der Waals surface area contributed by atoms with Gasteiger partial charge in [0.2, 0.25) is 0 Å². The fourth-order valence-corrected chi connectivity index (χ4v) is 1.37. The van der Waals surface area contributed by atoms with Gasteiger partial charge in [0, 0.05) is 19.3 Å². The number of ketones is 2. The van der Waals surface area contributed by atoms with Crippen LogP contribution in [-0.4, -0.2) is 41.8 Å². The van der Waals surface area contributed by atoms with Gasteiger partial charge in [-0.2, -0.15) is 0 Å². The maximum absolute atomic E-state index is 11.6. The van der Waals surface area contributed by atoms with Crippen LogP contribution in [0.3, 0.4) is 0 Å². The summed E-state index contributed by atoms with van der Waals surface area (Å²) in [6, 6.07) is 0. The van der Waals surface area contributed by atoms with E-state index in [1.807, 2.05) is 6.92 Å². The highest BCUT2D eigenvalue weighted by Crippen LogP contribution is 2.09. The lowest BCUT2D eigenvalue weighted by atomic mass is 9.96. The Balaban J connectivity index is 4.23. The van der Waals surface area contributed by atoms with E-state index in [2.05, 4.69) is 0 Å². The van der Waals surface area contributed by atoms with Crippen molar-refractivity contribution in [3.8, 4) is 0 Å². The van der Waals surface area contributed by atoms with Crippen LogP contribution in [0.2, 0.25) is 0 Å². The summed E-state index contributed by atoms with van der Waals surface area (Å²) in [4.78, 5) is 44.6. The van der Waals surface area contributed by atoms with Gasteiger partial charge >= 0.3 is 11.9 Å². The lowest BCUT2D eigenvalue weighted by Crippen LogP contribution is -2.29. The van der Waals surface area contributed by atoms with Gasteiger partial charge in [-0.3, -0.25) is 19.2 Å². The monoisotopic (exact) mass is 273 g/mol. The minimum atomic E-state index is -1.42. The number of Topliss-reactive ketones (excluding diaryl/α,β-unsaturated/α-hetero) is 2. The van der Waals surface area contributed by atoms with Gasteiger partial charge < -0.3 is 15.6 Å². The number of hydrogen-bond acceptors (Lipinski definition) is 6. The number of carbonyl (C=O) groups excluding carboxylic acids is 3. The number of aliphatic carboxylic acids is 1. The molecule has 0 spiro atoms. The van der Waals surface area contributed by atoms with Gasteiger partial charge in [0.15, 0.2) is 5.78 Å². The van der Waals surface area contributed by atoms with Crippen LogP contribution in [0.25, 0.3) is 0 Å². The first-order valence-corrected chi connectivity index (χ1v) is 6.05. The van der Waals surface area contributed by atoms with Crippen LogP contribution in [0.15, 0.2) is 0 Å². The molecule has 1 atom stereocenters. The summed E-state index contributed by atoms with van der Waals surface area (Å²) in [5, 5.41) is 8.86. The summed E-state index contributed by atoms with van der Waals surface area (Å²) in [7, 11) is 0. The van der Waals surface area contributed by atoms with Crippen LogP contribution in [0.1, 0.15) is 32.6 Å². The van der Waals surface area contributed by atoms with Gasteiger partial charge in [-0.25, -0.2) is 0 Å². The number of rotatable bonds is 10. The standard InChI is InChI=1S/C12H19NO6/c1-2-3-11(16)19-5-4-10(15)9(12(17)18)6-8(14)7-13/h9H,2-7,13H2,1H3,(H,17,18). The van der Waals surface area contributed by atoms with Crippen molar-refractivity contribution in [1.82, 2.24) is 0 Å². The first-order valence-electron chi connectivity index (χ1n) is 6.05. The Morgan fingerprint density at radius 2 is 1.84 bits per heavy atom. The van der Waals surface area contributed by atoms with Crippen LogP contribution in [0.5, 0.6) is 0 Å². The van der Waals surface area contributed by atoms with Crippen LogP contribution in [-0.2, 0) is 23.9 Å². The van der Waals surface area contributed by atoms with Crippen molar-refractivity contribution in [2.45, 2.75) is 32.6 Å². The van der Waals surface area contributed by atoms with E-state index in [0.29, 0.717) is 6.42 Å². The molecule has 108 valence electrons. The van der Waals surface area contributed by atoms with Crippen LogP contribution < -0.4 is 5.73 Å². The number of nitrogens with two attached hydrogens (primary N) is 1. The van der Waals surface area contributed by atoms with Crippen LogP contribution in [0, 0.1) is 5.92 Å². The molecule has 0 fully saturated rings. The Morgan fingerprint density at radius 3 is 2.32 bits per heavy atom. The Morgan fingerprint density at radius 1 is 1.21 bits per heavy atom. The SMILES string of the molecule is CCCC(=O)OCCC(=O)C(CC(=O)CN)C(=O)O. The Kier molecular flexibility index (Phi) is 8.35. The number of hydrogen-bond donors (Lipinski definition) is 2. The Hall–Kier alpha value is -1.76. The number of esters is 1. The zero-order valence-corrected chi connectivity index (χ0v) is 10.9. The highest BCUT2D eigenvalue weighted by molar-refractivity contribution is 6.02. The van der Waals surface area contributed by atoms with E-state index in [0.717, 1.165) is 0 Å². The second-order valence-electron chi connectivity index (χ2n) is 4.02. The lowest BCUT2D eigenvalue weighted by Gasteiger charge is -2.10. The minimum absolute atomic E-state index is 0.168. The van der Waals surface area contributed by atoms with E-state index >= 15 is 0 Å². The third-order valence-electron chi connectivity index (χ3n) is 2.41. The summed E-state index contributed by atoms with van der Waals surface area (Å²) in [5.74, 6) is -4.35. The van der Waals surface area contributed by atoms with Gasteiger partial charge in [-0.05, 0) is 6.42 Å². The number of carboxylic acid groups (broad SMARTS) is 1. The molecule has 0 heterocycles. The fraction of sp³-hybridized carbons (Fsp3) is 0.667. The zero-order valence-electron chi connectivity index (χ0n) is 10.9. The summed E-state index contributed by atoms with van der Waals surface area (Å²) in [6.07, 6.45) is 0.246. The second kappa shape index (κ2) is 9.21. The third-order valence-corrected chi connectivity index (χ3v) is 2.41. The molecule has 0 amide bonds. The topological polar surface area (TPSA) is 124 Å². The second-order valence-corrected chi connectivity index (χ2v) is 4.02. The molecular weight excluding hydrogens is 254 g/mol. The van der Waals surface area contributed by atoms with E-state index in [1.54, 1.807) is 0 Å². The smallest absolute Gasteiger partial charge is 0.314 e. The highest BCUT2D eigenvalue weighted by atomic mass is 16.5. The van der Waals surface area contributed by atoms with E-state index < -0.39 is 35.8 Å². The van der Waals surface area contributed by atoms with E-state index in [9.17, 15) is 19.2 Å². The molecule has 7 nitrogen and oxygen atoms in total. The third kappa shape index (κ3) is 7.30. The number of ether oxygens (including phenoxy) is 1. The molecule has 0 aliphatic carbocycles. The maximum Gasteiger partial charge on any atom is 0.314 e. The molecule has 0 radical (unpaired) electrons. The molecule has 0 saturated heterocycles. The van der Waals surface area contributed by atoms with E-state index in [-0.39, 0.29) is 26.0 Å². The van der Waals surface area contributed by atoms with Crippen molar-refractivity contribution >= 4 is 23.5 Å². The van der Waals surface area contributed by atoms with Gasteiger partial charge in [-0.15, -0.1) is 0 Å².